The molecule has 3 heterocycles. The van der Waals surface area contributed by atoms with Crippen LogP contribution in [-0.2, 0) is 11.8 Å². The zero-order valence-electron chi connectivity index (χ0n) is 16.6. The zero-order valence-corrected chi connectivity index (χ0v) is 16.6. The first-order valence-corrected chi connectivity index (χ1v) is 9.70. The van der Waals surface area contributed by atoms with Gasteiger partial charge in [0.15, 0.2) is 0 Å². The molecule has 1 fully saturated rings. The number of piperidine rings is 1. The summed E-state index contributed by atoms with van der Waals surface area (Å²) < 4.78 is 19.4. The van der Waals surface area contributed by atoms with Crippen molar-refractivity contribution in [2.45, 2.75) is 38.5 Å². The molecule has 0 N–H and O–H groups in total. The molecule has 0 radical (unpaired) electrons. The summed E-state index contributed by atoms with van der Waals surface area (Å²) in [5.74, 6) is 0.890. The first-order chi connectivity index (χ1) is 13.9. The van der Waals surface area contributed by atoms with Crippen LogP contribution in [0.3, 0.4) is 0 Å². The summed E-state index contributed by atoms with van der Waals surface area (Å²) in [6.07, 6.45) is 7.01. The number of aryl methyl sites for hydroxylation is 1. The van der Waals surface area contributed by atoms with Gasteiger partial charge in [-0.25, -0.2) is 14.4 Å². The molecule has 7 heteroatoms. The van der Waals surface area contributed by atoms with E-state index in [0.29, 0.717) is 36.9 Å². The van der Waals surface area contributed by atoms with Gasteiger partial charge >= 0.3 is 0 Å². The first kappa shape index (κ1) is 19.2. The van der Waals surface area contributed by atoms with Gasteiger partial charge in [-0.05, 0) is 44.4 Å². The lowest BCUT2D eigenvalue weighted by molar-refractivity contribution is 0.0619. The minimum Gasteiger partial charge on any atom is -0.445 e. The highest BCUT2D eigenvalue weighted by molar-refractivity contribution is 5.92. The number of benzene rings is 1. The fourth-order valence-electron chi connectivity index (χ4n) is 3.77. The number of likely N-dealkylation sites (tertiary alicyclic amines) is 1. The molecule has 4 rings (SSSR count). The number of hydrogen-bond acceptors (Lipinski definition) is 5. The van der Waals surface area contributed by atoms with E-state index in [0.717, 1.165) is 24.1 Å². The Morgan fingerprint density at radius 3 is 2.86 bits per heavy atom. The molecule has 0 bridgehead atoms. The number of nitrogens with zero attached hydrogens (tertiary/aromatic N) is 4. The average molecular weight is 394 g/mol. The van der Waals surface area contributed by atoms with E-state index in [-0.39, 0.29) is 17.1 Å². The summed E-state index contributed by atoms with van der Waals surface area (Å²) in [5.41, 5.74) is 1.57. The fourth-order valence-corrected chi connectivity index (χ4v) is 3.77. The number of amides is 1. The standard InChI is InChI=1S/C22H23FN4O2/c1-15-11-25-19(13-24-15)20(28)27-8-4-7-22(2,14-27)21-26-12-18(29-21)10-16-5-3-6-17(23)9-16/h3,5-6,9,11-13H,4,7-8,10,14H2,1-2H3. The second-order valence-corrected chi connectivity index (χ2v) is 7.87. The quantitative estimate of drug-likeness (QED) is 0.675. The maximum Gasteiger partial charge on any atom is 0.274 e. The molecule has 1 atom stereocenters. The number of oxazole rings is 1. The smallest absolute Gasteiger partial charge is 0.274 e. The summed E-state index contributed by atoms with van der Waals surface area (Å²) in [7, 11) is 0. The minimum absolute atomic E-state index is 0.130. The molecule has 2 aromatic heterocycles. The Kier molecular flexibility index (Phi) is 5.13. The van der Waals surface area contributed by atoms with Gasteiger partial charge in [0.2, 0.25) is 5.89 Å². The number of aromatic nitrogens is 3. The number of halogens is 1. The van der Waals surface area contributed by atoms with Crippen LogP contribution >= 0.6 is 0 Å². The highest BCUT2D eigenvalue weighted by atomic mass is 19.1. The SMILES string of the molecule is Cc1cnc(C(=O)N2CCCC(C)(c3ncc(Cc4cccc(F)c4)o3)C2)cn1. The van der Waals surface area contributed by atoms with Gasteiger partial charge in [-0.2, -0.15) is 0 Å². The number of hydrogen-bond donors (Lipinski definition) is 0. The van der Waals surface area contributed by atoms with Gasteiger partial charge in [0.25, 0.3) is 5.91 Å². The van der Waals surface area contributed by atoms with E-state index in [1.54, 1.807) is 23.4 Å². The summed E-state index contributed by atoms with van der Waals surface area (Å²) >= 11 is 0. The topological polar surface area (TPSA) is 72.1 Å². The molecular formula is C22H23FN4O2. The molecule has 1 unspecified atom stereocenters. The molecule has 1 saturated heterocycles. The van der Waals surface area contributed by atoms with Crippen LogP contribution in [0.5, 0.6) is 0 Å². The van der Waals surface area contributed by atoms with Crippen molar-refractivity contribution in [2.24, 2.45) is 0 Å². The Labute approximate surface area is 168 Å². The molecule has 0 aliphatic carbocycles. The van der Waals surface area contributed by atoms with E-state index < -0.39 is 0 Å². The van der Waals surface area contributed by atoms with E-state index in [1.165, 1.54) is 18.3 Å². The Morgan fingerprint density at radius 2 is 2.10 bits per heavy atom. The van der Waals surface area contributed by atoms with Crippen molar-refractivity contribution >= 4 is 5.91 Å². The molecule has 0 saturated carbocycles. The second kappa shape index (κ2) is 7.73. The van der Waals surface area contributed by atoms with Crippen molar-refractivity contribution < 1.29 is 13.6 Å². The highest BCUT2D eigenvalue weighted by Gasteiger charge is 2.39. The van der Waals surface area contributed by atoms with Crippen LogP contribution in [0.25, 0.3) is 0 Å². The van der Waals surface area contributed by atoms with Crippen LogP contribution in [-0.4, -0.2) is 38.8 Å². The van der Waals surface area contributed by atoms with E-state index in [1.807, 2.05) is 13.0 Å². The second-order valence-electron chi connectivity index (χ2n) is 7.87. The van der Waals surface area contributed by atoms with Crippen LogP contribution in [0.2, 0.25) is 0 Å². The molecule has 1 aromatic carbocycles. The molecular weight excluding hydrogens is 371 g/mol. The monoisotopic (exact) mass is 394 g/mol. The summed E-state index contributed by atoms with van der Waals surface area (Å²) in [4.78, 5) is 27.5. The van der Waals surface area contributed by atoms with Gasteiger partial charge in [-0.15, -0.1) is 0 Å². The Hall–Kier alpha value is -3.09. The molecule has 1 amide bonds. The first-order valence-electron chi connectivity index (χ1n) is 9.70. The zero-order chi connectivity index (χ0) is 20.4. The Bertz CT molecular complexity index is 1020. The third-order valence-corrected chi connectivity index (χ3v) is 5.32. The van der Waals surface area contributed by atoms with Gasteiger partial charge in [-0.1, -0.05) is 12.1 Å². The van der Waals surface area contributed by atoms with E-state index in [2.05, 4.69) is 21.9 Å². The minimum atomic E-state index is -0.383. The lowest BCUT2D eigenvalue weighted by atomic mass is 9.81. The van der Waals surface area contributed by atoms with Crippen LogP contribution in [0.15, 0.2) is 47.3 Å². The predicted octanol–water partition coefficient (Wildman–Crippen LogP) is 3.70. The van der Waals surface area contributed by atoms with Gasteiger partial charge in [0.1, 0.15) is 17.3 Å². The van der Waals surface area contributed by atoms with Crippen molar-refractivity contribution in [2.75, 3.05) is 13.1 Å². The van der Waals surface area contributed by atoms with Gasteiger partial charge in [0, 0.05) is 25.7 Å². The van der Waals surface area contributed by atoms with E-state index in [9.17, 15) is 9.18 Å². The number of carbonyl (C=O) groups is 1. The van der Waals surface area contributed by atoms with Crippen LogP contribution in [0, 0.1) is 12.7 Å². The molecule has 6 nitrogen and oxygen atoms in total. The lowest BCUT2D eigenvalue weighted by Gasteiger charge is -2.38. The third-order valence-electron chi connectivity index (χ3n) is 5.32. The Balaban J connectivity index is 1.50. The fraction of sp³-hybridized carbons (Fsp3) is 0.364. The van der Waals surface area contributed by atoms with Gasteiger partial charge < -0.3 is 9.32 Å². The Morgan fingerprint density at radius 1 is 1.24 bits per heavy atom. The van der Waals surface area contributed by atoms with Crippen molar-refractivity contribution in [3.05, 3.63) is 77.3 Å². The molecule has 150 valence electrons. The van der Waals surface area contributed by atoms with Crippen LogP contribution < -0.4 is 0 Å². The van der Waals surface area contributed by atoms with Gasteiger partial charge in [-0.3, -0.25) is 9.78 Å². The normalized spacial score (nSPS) is 19.3. The number of carbonyl (C=O) groups excluding carboxylic acids is 1. The van der Waals surface area contributed by atoms with Crippen LogP contribution in [0.1, 0.15) is 53.2 Å². The van der Waals surface area contributed by atoms with Crippen molar-refractivity contribution in [1.29, 1.82) is 0 Å². The van der Waals surface area contributed by atoms with Crippen molar-refractivity contribution in [3.63, 3.8) is 0 Å². The average Bonchev–Trinajstić information content (AvgIpc) is 3.17. The molecule has 29 heavy (non-hydrogen) atoms. The van der Waals surface area contributed by atoms with E-state index in [4.69, 9.17) is 4.42 Å². The lowest BCUT2D eigenvalue weighted by Crippen LogP contribution is -2.47. The summed E-state index contributed by atoms with van der Waals surface area (Å²) in [6.45, 7) is 5.07. The third kappa shape index (κ3) is 4.18. The maximum absolute atomic E-state index is 13.4. The largest absolute Gasteiger partial charge is 0.445 e. The van der Waals surface area contributed by atoms with Crippen LogP contribution in [0.4, 0.5) is 4.39 Å². The molecule has 1 aliphatic rings. The van der Waals surface area contributed by atoms with Gasteiger partial charge in [0.05, 0.1) is 23.5 Å². The van der Waals surface area contributed by atoms with Crippen molar-refractivity contribution in [3.8, 4) is 0 Å². The molecule has 1 aliphatic heterocycles. The predicted molar refractivity (Wildman–Crippen MR) is 105 cm³/mol. The maximum atomic E-state index is 13.4. The summed E-state index contributed by atoms with van der Waals surface area (Å²) in [5, 5.41) is 0. The molecule has 0 spiro atoms. The summed E-state index contributed by atoms with van der Waals surface area (Å²) in [6, 6.07) is 6.45. The highest BCUT2D eigenvalue weighted by Crippen LogP contribution is 2.34. The molecule has 3 aromatic rings. The number of rotatable bonds is 4. The van der Waals surface area contributed by atoms with E-state index >= 15 is 0 Å². The van der Waals surface area contributed by atoms with Crippen molar-refractivity contribution in [1.82, 2.24) is 19.9 Å².